The number of carbonyl (C=O) groups is 1. The molecule has 1 aromatic heterocycles. The van der Waals surface area contributed by atoms with Crippen molar-refractivity contribution in [2.24, 2.45) is 5.92 Å². The number of amides is 1. The maximum absolute atomic E-state index is 11.7. The fraction of sp³-hybridized carbons (Fsp3) is 0.583. The second-order valence-corrected chi connectivity index (χ2v) is 4.00. The van der Waals surface area contributed by atoms with Gasteiger partial charge in [0.15, 0.2) is 0 Å². The van der Waals surface area contributed by atoms with E-state index in [1.807, 2.05) is 0 Å². The third kappa shape index (κ3) is 4.91. The summed E-state index contributed by atoms with van der Waals surface area (Å²) in [5, 5.41) is 11.8. The third-order valence-electron chi connectivity index (χ3n) is 2.61. The Kier molecular flexibility index (Phi) is 6.17. The summed E-state index contributed by atoms with van der Waals surface area (Å²) in [5.41, 5.74) is 0.465. The number of aliphatic hydroxyl groups is 1. The van der Waals surface area contributed by atoms with Crippen molar-refractivity contribution in [3.63, 3.8) is 0 Å². The molecule has 0 fully saturated rings. The first kappa shape index (κ1) is 13.6. The van der Waals surface area contributed by atoms with Crippen molar-refractivity contribution in [2.45, 2.75) is 26.2 Å². The van der Waals surface area contributed by atoms with Gasteiger partial charge in [0.05, 0.1) is 5.56 Å². The van der Waals surface area contributed by atoms with E-state index in [0.29, 0.717) is 18.0 Å². The van der Waals surface area contributed by atoms with Crippen molar-refractivity contribution in [1.82, 2.24) is 15.3 Å². The Labute approximate surface area is 101 Å². The van der Waals surface area contributed by atoms with Crippen LogP contribution < -0.4 is 5.32 Å². The Morgan fingerprint density at radius 3 is 2.71 bits per heavy atom. The summed E-state index contributed by atoms with van der Waals surface area (Å²) in [6.45, 7) is 2.84. The van der Waals surface area contributed by atoms with E-state index in [2.05, 4.69) is 22.2 Å². The number of carbonyl (C=O) groups excluding carboxylic acids is 1. The molecule has 0 spiro atoms. The fourth-order valence-corrected chi connectivity index (χ4v) is 1.69. The monoisotopic (exact) mass is 237 g/mol. The Morgan fingerprint density at radius 1 is 1.41 bits per heavy atom. The van der Waals surface area contributed by atoms with Gasteiger partial charge >= 0.3 is 0 Å². The highest BCUT2D eigenvalue weighted by Crippen LogP contribution is 2.09. The minimum Gasteiger partial charge on any atom is -0.396 e. The summed E-state index contributed by atoms with van der Waals surface area (Å²) < 4.78 is 0. The zero-order valence-electron chi connectivity index (χ0n) is 10.1. The third-order valence-corrected chi connectivity index (χ3v) is 2.61. The summed E-state index contributed by atoms with van der Waals surface area (Å²) in [6, 6.07) is 0. The maximum atomic E-state index is 11.7. The Hall–Kier alpha value is -1.49. The van der Waals surface area contributed by atoms with Gasteiger partial charge in [-0.05, 0) is 18.8 Å². The highest BCUT2D eigenvalue weighted by Gasteiger charge is 2.10. The van der Waals surface area contributed by atoms with E-state index < -0.39 is 0 Å². The Morgan fingerprint density at radius 2 is 2.12 bits per heavy atom. The normalized spacial score (nSPS) is 12.1. The van der Waals surface area contributed by atoms with Crippen molar-refractivity contribution in [3.05, 3.63) is 24.3 Å². The zero-order chi connectivity index (χ0) is 12.5. The van der Waals surface area contributed by atoms with Crippen LogP contribution in [0.1, 0.15) is 36.5 Å². The minimum absolute atomic E-state index is 0.162. The van der Waals surface area contributed by atoms with E-state index in [0.717, 1.165) is 19.3 Å². The SMILES string of the molecule is CCCC(CCO)CNC(=O)c1cncnc1. The summed E-state index contributed by atoms with van der Waals surface area (Å²) in [5.74, 6) is 0.170. The molecule has 0 radical (unpaired) electrons. The molecule has 0 aliphatic heterocycles. The van der Waals surface area contributed by atoms with Crippen LogP contribution in [0.2, 0.25) is 0 Å². The number of hydrogen-bond donors (Lipinski definition) is 2. The number of nitrogens with one attached hydrogen (secondary N) is 1. The number of hydrogen-bond acceptors (Lipinski definition) is 4. The topological polar surface area (TPSA) is 75.1 Å². The van der Waals surface area contributed by atoms with Gasteiger partial charge in [-0.3, -0.25) is 4.79 Å². The highest BCUT2D eigenvalue weighted by molar-refractivity contribution is 5.93. The molecule has 1 atom stereocenters. The molecule has 1 aromatic rings. The predicted octanol–water partition coefficient (Wildman–Crippen LogP) is 1.01. The second-order valence-electron chi connectivity index (χ2n) is 4.00. The molecule has 1 heterocycles. The summed E-state index contributed by atoms with van der Waals surface area (Å²) in [6.07, 6.45) is 7.15. The van der Waals surface area contributed by atoms with Crippen LogP contribution in [0.15, 0.2) is 18.7 Å². The van der Waals surface area contributed by atoms with Crippen LogP contribution >= 0.6 is 0 Å². The lowest BCUT2D eigenvalue weighted by Gasteiger charge is -2.15. The van der Waals surface area contributed by atoms with Crippen molar-refractivity contribution in [2.75, 3.05) is 13.2 Å². The van der Waals surface area contributed by atoms with Crippen molar-refractivity contribution in [3.8, 4) is 0 Å². The second kappa shape index (κ2) is 7.73. The molecule has 5 nitrogen and oxygen atoms in total. The average molecular weight is 237 g/mol. The van der Waals surface area contributed by atoms with Gasteiger partial charge in [-0.25, -0.2) is 9.97 Å². The highest BCUT2D eigenvalue weighted by atomic mass is 16.3. The summed E-state index contributed by atoms with van der Waals surface area (Å²) in [4.78, 5) is 19.3. The Bertz CT molecular complexity index is 324. The van der Waals surface area contributed by atoms with E-state index in [1.54, 1.807) is 0 Å². The first-order valence-electron chi connectivity index (χ1n) is 5.92. The smallest absolute Gasteiger partial charge is 0.254 e. The van der Waals surface area contributed by atoms with Crippen LogP contribution in [0.4, 0.5) is 0 Å². The standard InChI is InChI=1S/C12H19N3O2/c1-2-3-10(4-5-16)6-15-12(17)11-7-13-9-14-8-11/h7-10,16H,2-6H2,1H3,(H,15,17). The molecule has 1 amide bonds. The van der Waals surface area contributed by atoms with Crippen LogP contribution in [0, 0.1) is 5.92 Å². The van der Waals surface area contributed by atoms with Crippen LogP contribution in [0.3, 0.4) is 0 Å². The molecule has 0 aromatic carbocycles. The fourth-order valence-electron chi connectivity index (χ4n) is 1.69. The van der Waals surface area contributed by atoms with Gasteiger partial charge in [0.25, 0.3) is 5.91 Å². The molecule has 0 saturated carbocycles. The number of rotatable bonds is 7. The van der Waals surface area contributed by atoms with Crippen molar-refractivity contribution < 1.29 is 9.90 Å². The molecule has 1 unspecified atom stereocenters. The van der Waals surface area contributed by atoms with E-state index in [4.69, 9.17) is 5.11 Å². The molecule has 2 N–H and O–H groups in total. The summed E-state index contributed by atoms with van der Waals surface area (Å²) >= 11 is 0. The van der Waals surface area contributed by atoms with E-state index in [9.17, 15) is 4.79 Å². The average Bonchev–Trinajstić information content (AvgIpc) is 2.37. The lowest BCUT2D eigenvalue weighted by atomic mass is 10.0. The molecule has 0 aliphatic carbocycles. The lowest BCUT2D eigenvalue weighted by molar-refractivity contribution is 0.0942. The lowest BCUT2D eigenvalue weighted by Crippen LogP contribution is -2.29. The molecule has 0 saturated heterocycles. The quantitative estimate of drug-likeness (QED) is 0.742. The number of nitrogens with zero attached hydrogens (tertiary/aromatic N) is 2. The first-order chi connectivity index (χ1) is 8.27. The van der Waals surface area contributed by atoms with Crippen molar-refractivity contribution in [1.29, 1.82) is 0 Å². The molecule has 0 bridgehead atoms. The largest absolute Gasteiger partial charge is 0.396 e. The molecule has 5 heteroatoms. The van der Waals surface area contributed by atoms with Gasteiger partial charge in [-0.15, -0.1) is 0 Å². The predicted molar refractivity (Wildman–Crippen MR) is 64.5 cm³/mol. The van der Waals surface area contributed by atoms with Gasteiger partial charge in [0, 0.05) is 25.5 Å². The van der Waals surface area contributed by atoms with Crippen LogP contribution in [-0.2, 0) is 0 Å². The molecule has 94 valence electrons. The first-order valence-corrected chi connectivity index (χ1v) is 5.92. The van der Waals surface area contributed by atoms with Gasteiger partial charge in [0.1, 0.15) is 6.33 Å². The van der Waals surface area contributed by atoms with Gasteiger partial charge < -0.3 is 10.4 Å². The minimum atomic E-state index is -0.162. The molecule has 1 rings (SSSR count). The van der Waals surface area contributed by atoms with Crippen LogP contribution in [0.5, 0.6) is 0 Å². The number of aliphatic hydroxyl groups excluding tert-OH is 1. The maximum Gasteiger partial charge on any atom is 0.254 e. The van der Waals surface area contributed by atoms with Gasteiger partial charge in [-0.1, -0.05) is 13.3 Å². The van der Waals surface area contributed by atoms with Crippen LogP contribution in [-0.4, -0.2) is 34.1 Å². The van der Waals surface area contributed by atoms with E-state index in [-0.39, 0.29) is 12.5 Å². The molecule has 0 aliphatic rings. The van der Waals surface area contributed by atoms with Crippen LogP contribution in [0.25, 0.3) is 0 Å². The number of aromatic nitrogens is 2. The molecule has 17 heavy (non-hydrogen) atoms. The Balaban J connectivity index is 2.41. The molecular weight excluding hydrogens is 218 g/mol. The van der Waals surface area contributed by atoms with E-state index >= 15 is 0 Å². The van der Waals surface area contributed by atoms with Crippen molar-refractivity contribution >= 4 is 5.91 Å². The van der Waals surface area contributed by atoms with Gasteiger partial charge in [-0.2, -0.15) is 0 Å². The summed E-state index contributed by atoms with van der Waals surface area (Å²) in [7, 11) is 0. The van der Waals surface area contributed by atoms with Gasteiger partial charge in [0.2, 0.25) is 0 Å². The zero-order valence-corrected chi connectivity index (χ0v) is 10.1. The molecular formula is C12H19N3O2. The van der Waals surface area contributed by atoms with E-state index in [1.165, 1.54) is 18.7 Å².